The molecular weight excluding hydrogens is 548 g/mol. The Balaban J connectivity index is 2.03. The summed E-state index contributed by atoms with van der Waals surface area (Å²) < 4.78 is 5.38. The number of unbranched alkanes of at least 4 members (excludes halogenated alkanes) is 2. The zero-order chi connectivity index (χ0) is 31.6. The van der Waals surface area contributed by atoms with Gasteiger partial charge >= 0.3 is 6.09 Å². The van der Waals surface area contributed by atoms with Crippen LogP contribution in [0.5, 0.6) is 5.75 Å². The molecule has 10 heteroatoms. The molecule has 4 amide bonds. The number of alkyl carbamates (subject to hydrolysis) is 1. The molecule has 0 spiro atoms. The van der Waals surface area contributed by atoms with Gasteiger partial charge < -0.3 is 31.1 Å². The number of aromatic hydroxyl groups is 1. The number of phenols is 1. The number of anilines is 1. The van der Waals surface area contributed by atoms with Gasteiger partial charge in [0, 0.05) is 18.7 Å². The van der Waals surface area contributed by atoms with Crippen LogP contribution < -0.4 is 16.4 Å². The number of amides is 4. The molecule has 10 nitrogen and oxygen atoms in total. The normalized spacial score (nSPS) is 12.7. The smallest absolute Gasteiger partial charge is 0.408 e. The average Bonchev–Trinajstić information content (AvgIpc) is 2.94. The van der Waals surface area contributed by atoms with Gasteiger partial charge in [-0.1, -0.05) is 62.2 Å². The zero-order valence-electron chi connectivity index (χ0n) is 25.3. The van der Waals surface area contributed by atoms with Crippen molar-refractivity contribution in [2.75, 3.05) is 11.9 Å². The van der Waals surface area contributed by atoms with E-state index < -0.39 is 41.5 Å². The van der Waals surface area contributed by atoms with Gasteiger partial charge in [-0.15, -0.1) is 0 Å². The lowest BCUT2D eigenvalue weighted by Crippen LogP contribution is -2.52. The summed E-state index contributed by atoms with van der Waals surface area (Å²) in [6, 6.07) is 17.0. The molecule has 0 bridgehead atoms. The summed E-state index contributed by atoms with van der Waals surface area (Å²) >= 11 is 0. The highest BCUT2D eigenvalue weighted by Gasteiger charge is 2.36. The number of ether oxygens (including phenoxy) is 1. The highest BCUT2D eigenvalue weighted by Crippen LogP contribution is 2.28. The SMILES string of the molecule is CCCCCN(C(=O)C(CCC(N)=O)NC(=O)OC(C)(C)C)C(C(=O)Nc1ccc2ccccc2c1)c1ccc(O)cc1. The molecule has 3 aromatic rings. The van der Waals surface area contributed by atoms with Crippen molar-refractivity contribution in [2.24, 2.45) is 5.73 Å². The van der Waals surface area contributed by atoms with Gasteiger partial charge in [0.05, 0.1) is 0 Å². The molecule has 43 heavy (non-hydrogen) atoms. The van der Waals surface area contributed by atoms with E-state index in [1.165, 1.54) is 17.0 Å². The molecule has 3 rings (SSSR count). The standard InChI is InChI=1S/C33H42N4O6/c1-5-6-9-20-37(31(41)27(18-19-28(34)39)36-32(42)43-33(2,3)4)29(23-13-16-26(38)17-14-23)30(40)35-25-15-12-22-10-7-8-11-24(22)21-25/h7-8,10-17,21,27,29,38H,5-6,9,18-20H2,1-4H3,(H2,34,39)(H,35,40)(H,36,42). The Kier molecular flexibility index (Phi) is 11.5. The fourth-order valence-electron chi connectivity index (χ4n) is 4.70. The van der Waals surface area contributed by atoms with Crippen LogP contribution in [0.4, 0.5) is 10.5 Å². The number of nitrogens with two attached hydrogens (primary N) is 1. The molecular formula is C33H42N4O6. The molecule has 0 fully saturated rings. The van der Waals surface area contributed by atoms with E-state index in [0.29, 0.717) is 17.7 Å². The minimum Gasteiger partial charge on any atom is -0.508 e. The number of fused-ring (bicyclic) bond motifs is 1. The van der Waals surface area contributed by atoms with Crippen molar-refractivity contribution in [3.8, 4) is 5.75 Å². The van der Waals surface area contributed by atoms with Crippen LogP contribution in [0.1, 0.15) is 71.4 Å². The maximum atomic E-state index is 14.2. The van der Waals surface area contributed by atoms with Crippen LogP contribution in [0.2, 0.25) is 0 Å². The average molecular weight is 591 g/mol. The number of hydrogen-bond acceptors (Lipinski definition) is 6. The van der Waals surface area contributed by atoms with E-state index >= 15 is 0 Å². The molecule has 0 aliphatic heterocycles. The fourth-order valence-corrected chi connectivity index (χ4v) is 4.70. The lowest BCUT2D eigenvalue weighted by Gasteiger charge is -2.34. The van der Waals surface area contributed by atoms with Gasteiger partial charge in [-0.05, 0) is 74.2 Å². The van der Waals surface area contributed by atoms with Gasteiger partial charge in [0.1, 0.15) is 23.4 Å². The first kappa shape index (κ1) is 32.9. The van der Waals surface area contributed by atoms with Crippen LogP contribution in [0, 0.1) is 0 Å². The van der Waals surface area contributed by atoms with Crippen LogP contribution in [-0.2, 0) is 19.1 Å². The highest BCUT2D eigenvalue weighted by atomic mass is 16.6. The Morgan fingerprint density at radius 2 is 1.63 bits per heavy atom. The number of phenolic OH excluding ortho intramolecular Hbond substituents is 1. The predicted octanol–water partition coefficient (Wildman–Crippen LogP) is 5.40. The molecule has 2 atom stereocenters. The van der Waals surface area contributed by atoms with Crippen LogP contribution >= 0.6 is 0 Å². The summed E-state index contributed by atoms with van der Waals surface area (Å²) in [6.07, 6.45) is 1.19. The number of benzene rings is 3. The van der Waals surface area contributed by atoms with Gasteiger partial charge in [-0.25, -0.2) is 4.79 Å². The second kappa shape index (κ2) is 15.0. The summed E-state index contributed by atoms with van der Waals surface area (Å²) in [4.78, 5) is 54.1. The number of hydrogen-bond donors (Lipinski definition) is 4. The topological polar surface area (TPSA) is 151 Å². The number of primary amides is 1. The van der Waals surface area contributed by atoms with Crippen molar-refractivity contribution in [1.82, 2.24) is 10.2 Å². The van der Waals surface area contributed by atoms with Crippen molar-refractivity contribution >= 4 is 40.3 Å². The van der Waals surface area contributed by atoms with Gasteiger partial charge in [-0.3, -0.25) is 14.4 Å². The molecule has 0 saturated carbocycles. The van der Waals surface area contributed by atoms with Gasteiger partial charge in [0.2, 0.25) is 11.8 Å². The first-order valence-corrected chi connectivity index (χ1v) is 14.5. The van der Waals surface area contributed by atoms with Crippen molar-refractivity contribution < 1.29 is 29.0 Å². The van der Waals surface area contributed by atoms with E-state index in [4.69, 9.17) is 10.5 Å². The maximum Gasteiger partial charge on any atom is 0.408 e. The second-order valence-electron chi connectivity index (χ2n) is 11.5. The molecule has 230 valence electrons. The van der Waals surface area contributed by atoms with E-state index in [1.54, 1.807) is 39.0 Å². The molecule has 2 unspecified atom stereocenters. The van der Waals surface area contributed by atoms with Crippen LogP contribution in [-0.4, -0.2) is 52.0 Å². The minimum atomic E-state index is -1.18. The van der Waals surface area contributed by atoms with E-state index in [9.17, 15) is 24.3 Å². The predicted molar refractivity (Wildman–Crippen MR) is 166 cm³/mol. The Morgan fingerprint density at radius 3 is 2.26 bits per heavy atom. The number of nitrogens with one attached hydrogen (secondary N) is 2. The Hall–Kier alpha value is -4.60. The van der Waals surface area contributed by atoms with E-state index in [-0.39, 0.29) is 25.1 Å². The van der Waals surface area contributed by atoms with Gasteiger partial charge in [-0.2, -0.15) is 0 Å². The molecule has 3 aromatic carbocycles. The summed E-state index contributed by atoms with van der Waals surface area (Å²) in [6.45, 7) is 7.31. The second-order valence-corrected chi connectivity index (χ2v) is 11.5. The third-order valence-electron chi connectivity index (χ3n) is 6.74. The van der Waals surface area contributed by atoms with Crippen molar-refractivity contribution in [3.63, 3.8) is 0 Å². The van der Waals surface area contributed by atoms with Crippen LogP contribution in [0.25, 0.3) is 10.8 Å². The summed E-state index contributed by atoms with van der Waals surface area (Å²) in [7, 11) is 0. The zero-order valence-corrected chi connectivity index (χ0v) is 25.3. The van der Waals surface area contributed by atoms with Crippen molar-refractivity contribution in [2.45, 2.75) is 77.5 Å². The van der Waals surface area contributed by atoms with Crippen molar-refractivity contribution in [1.29, 1.82) is 0 Å². The largest absolute Gasteiger partial charge is 0.508 e. The molecule has 0 aliphatic carbocycles. The lowest BCUT2D eigenvalue weighted by atomic mass is 10.0. The molecule has 0 saturated heterocycles. The van der Waals surface area contributed by atoms with Gasteiger partial charge in [0.25, 0.3) is 5.91 Å². The molecule has 5 N–H and O–H groups in total. The summed E-state index contributed by atoms with van der Waals surface area (Å²) in [5.41, 5.74) is 5.58. The van der Waals surface area contributed by atoms with E-state index in [2.05, 4.69) is 10.6 Å². The van der Waals surface area contributed by atoms with E-state index in [1.807, 2.05) is 43.3 Å². The maximum absolute atomic E-state index is 14.2. The number of rotatable bonds is 13. The number of nitrogens with zero attached hydrogens (tertiary/aromatic N) is 1. The lowest BCUT2D eigenvalue weighted by molar-refractivity contribution is -0.141. The molecule has 0 aliphatic rings. The Labute approximate surface area is 252 Å². The molecule has 0 aromatic heterocycles. The monoisotopic (exact) mass is 590 g/mol. The van der Waals surface area contributed by atoms with Crippen LogP contribution in [0.3, 0.4) is 0 Å². The molecule has 0 radical (unpaired) electrons. The third kappa shape index (κ3) is 10.0. The van der Waals surface area contributed by atoms with Crippen molar-refractivity contribution in [3.05, 3.63) is 72.3 Å². The quantitative estimate of drug-likeness (QED) is 0.196. The molecule has 0 heterocycles. The third-order valence-corrected chi connectivity index (χ3v) is 6.74. The van der Waals surface area contributed by atoms with Gasteiger partial charge in [0.15, 0.2) is 0 Å². The summed E-state index contributed by atoms with van der Waals surface area (Å²) in [5, 5.41) is 17.4. The first-order valence-electron chi connectivity index (χ1n) is 14.5. The minimum absolute atomic E-state index is 0.00669. The fraction of sp³-hybridized carbons (Fsp3) is 0.394. The first-order chi connectivity index (χ1) is 20.4. The van der Waals surface area contributed by atoms with E-state index in [0.717, 1.165) is 23.6 Å². The highest BCUT2D eigenvalue weighted by molar-refractivity contribution is 6.00. The Morgan fingerprint density at radius 1 is 0.953 bits per heavy atom. The summed E-state index contributed by atoms with van der Waals surface area (Å²) in [5.74, 6) is -1.66. The number of carbonyl (C=O) groups excluding carboxylic acids is 4. The van der Waals surface area contributed by atoms with Crippen LogP contribution in [0.15, 0.2) is 66.7 Å². The Bertz CT molecular complexity index is 1420. The number of carbonyl (C=O) groups is 4.